The predicted octanol–water partition coefficient (Wildman–Crippen LogP) is 5.54. The molecule has 0 unspecified atom stereocenters. The van der Waals surface area contributed by atoms with Crippen molar-refractivity contribution in [2.24, 2.45) is 0 Å². The number of rotatable bonds is 11. The minimum atomic E-state index is -3.44. The third-order valence-corrected chi connectivity index (χ3v) is 8.31. The van der Waals surface area contributed by atoms with Gasteiger partial charge < -0.3 is 25.0 Å². The van der Waals surface area contributed by atoms with E-state index in [1.54, 1.807) is 30.5 Å². The first kappa shape index (κ1) is 27.2. The van der Waals surface area contributed by atoms with Gasteiger partial charge in [0.15, 0.2) is 9.84 Å². The van der Waals surface area contributed by atoms with Crippen LogP contribution < -0.4 is 20.3 Å². The first-order valence-corrected chi connectivity index (χ1v) is 14.8. The number of benzene rings is 2. The molecule has 3 aromatic rings. The van der Waals surface area contributed by atoms with E-state index in [1.165, 1.54) is 0 Å². The molecule has 2 heterocycles. The minimum absolute atomic E-state index is 0.0978. The molecule has 11 heteroatoms. The van der Waals surface area contributed by atoms with Crippen LogP contribution in [0.4, 0.5) is 28.8 Å². The summed E-state index contributed by atoms with van der Waals surface area (Å²) in [6, 6.07) is 12.9. The fraction of sp³-hybridized carbons (Fsp3) is 0.385. The molecule has 0 saturated carbocycles. The Labute approximate surface area is 226 Å². The largest absolute Gasteiger partial charge is 0.492 e. The molecule has 0 atom stereocenters. The van der Waals surface area contributed by atoms with E-state index in [-0.39, 0.29) is 10.6 Å². The van der Waals surface area contributed by atoms with Crippen molar-refractivity contribution < 1.29 is 17.9 Å². The molecule has 37 heavy (non-hydrogen) atoms. The number of sulfone groups is 1. The third-order valence-electron chi connectivity index (χ3n) is 5.87. The Bertz CT molecular complexity index is 1320. The van der Waals surface area contributed by atoms with Gasteiger partial charge in [0.1, 0.15) is 11.6 Å². The van der Waals surface area contributed by atoms with Crippen LogP contribution in [0.3, 0.4) is 0 Å². The molecule has 0 amide bonds. The Kier molecular flexibility index (Phi) is 9.23. The molecule has 9 nitrogen and oxygen atoms in total. The Morgan fingerprint density at radius 1 is 1.08 bits per heavy atom. The maximum Gasteiger partial charge on any atom is 0.229 e. The molecule has 0 bridgehead atoms. The number of anilines is 5. The van der Waals surface area contributed by atoms with E-state index >= 15 is 0 Å². The normalized spacial score (nSPS) is 13.9. The molecular weight excluding hydrogens is 558 g/mol. The summed E-state index contributed by atoms with van der Waals surface area (Å²) in [5.41, 5.74) is 2.26. The molecule has 198 valence electrons. The van der Waals surface area contributed by atoms with Crippen molar-refractivity contribution in [2.45, 2.75) is 31.6 Å². The predicted molar refractivity (Wildman–Crippen MR) is 150 cm³/mol. The maximum atomic E-state index is 12.9. The fourth-order valence-electron chi connectivity index (χ4n) is 3.96. The SMILES string of the molecule is CCCCS(=O)(=O)c1ccccc1Nc1nc(Nc2ccc(N3CCOCC3)cc2OCC)ncc1Br. The van der Waals surface area contributed by atoms with E-state index in [1.807, 2.05) is 32.0 Å². The zero-order chi connectivity index (χ0) is 26.3. The topological polar surface area (TPSA) is 106 Å². The van der Waals surface area contributed by atoms with Crippen molar-refractivity contribution in [1.82, 2.24) is 9.97 Å². The molecule has 1 aliphatic heterocycles. The molecular formula is C26H32BrN5O4S. The first-order valence-electron chi connectivity index (χ1n) is 12.4. The van der Waals surface area contributed by atoms with Gasteiger partial charge in [0.2, 0.25) is 5.95 Å². The van der Waals surface area contributed by atoms with Crippen molar-refractivity contribution in [3.05, 3.63) is 53.1 Å². The second kappa shape index (κ2) is 12.6. The van der Waals surface area contributed by atoms with Gasteiger partial charge in [-0.2, -0.15) is 4.98 Å². The van der Waals surface area contributed by atoms with Crippen LogP contribution in [-0.2, 0) is 14.6 Å². The van der Waals surface area contributed by atoms with E-state index in [0.717, 1.165) is 30.9 Å². The summed E-state index contributed by atoms with van der Waals surface area (Å²) in [5.74, 6) is 1.58. The number of para-hydroxylation sites is 1. The Hall–Kier alpha value is -2.89. The molecule has 4 rings (SSSR count). The molecule has 0 radical (unpaired) electrons. The molecule has 2 aromatic carbocycles. The van der Waals surface area contributed by atoms with E-state index in [4.69, 9.17) is 9.47 Å². The maximum absolute atomic E-state index is 12.9. The van der Waals surface area contributed by atoms with Gasteiger partial charge in [-0.1, -0.05) is 25.5 Å². The van der Waals surface area contributed by atoms with Gasteiger partial charge in [0, 0.05) is 31.0 Å². The van der Waals surface area contributed by atoms with Gasteiger partial charge in [-0.3, -0.25) is 0 Å². The zero-order valence-corrected chi connectivity index (χ0v) is 23.4. The highest BCUT2D eigenvalue weighted by Gasteiger charge is 2.19. The Morgan fingerprint density at radius 2 is 1.86 bits per heavy atom. The van der Waals surface area contributed by atoms with Gasteiger partial charge in [-0.15, -0.1) is 0 Å². The number of nitrogens with one attached hydrogen (secondary N) is 2. The average molecular weight is 591 g/mol. The number of morpholine rings is 1. The van der Waals surface area contributed by atoms with Crippen molar-refractivity contribution in [3.63, 3.8) is 0 Å². The second-order valence-corrected chi connectivity index (χ2v) is 11.5. The standard InChI is InChI=1S/C26H32BrN5O4S/c1-3-5-16-37(33,34)24-9-7-6-8-22(24)29-25-20(27)18-28-26(31-25)30-21-11-10-19(17-23(21)36-4-2)32-12-14-35-15-13-32/h6-11,17-18H,3-5,12-16H2,1-2H3,(H2,28,29,30,31). The lowest BCUT2D eigenvalue weighted by Crippen LogP contribution is -2.36. The highest BCUT2D eigenvalue weighted by atomic mass is 79.9. The Balaban J connectivity index is 1.58. The average Bonchev–Trinajstić information content (AvgIpc) is 2.91. The number of unbranched alkanes of at least 4 members (excludes halogenated alkanes) is 1. The van der Waals surface area contributed by atoms with Gasteiger partial charge in [-0.05, 0) is 53.5 Å². The van der Waals surface area contributed by atoms with E-state index in [9.17, 15) is 8.42 Å². The van der Waals surface area contributed by atoms with Crippen molar-refractivity contribution in [1.29, 1.82) is 0 Å². The monoisotopic (exact) mass is 589 g/mol. The summed E-state index contributed by atoms with van der Waals surface area (Å²) >= 11 is 3.48. The number of nitrogens with zero attached hydrogens (tertiary/aromatic N) is 3. The van der Waals surface area contributed by atoms with Crippen molar-refractivity contribution >= 4 is 54.6 Å². The van der Waals surface area contributed by atoms with E-state index in [0.29, 0.717) is 53.9 Å². The van der Waals surface area contributed by atoms with Crippen LogP contribution in [0, 0.1) is 0 Å². The number of hydrogen-bond acceptors (Lipinski definition) is 9. The Morgan fingerprint density at radius 3 is 2.62 bits per heavy atom. The van der Waals surface area contributed by atoms with E-state index < -0.39 is 9.84 Å². The second-order valence-electron chi connectivity index (χ2n) is 8.52. The lowest BCUT2D eigenvalue weighted by atomic mass is 10.2. The highest BCUT2D eigenvalue weighted by molar-refractivity contribution is 9.10. The first-order chi connectivity index (χ1) is 17.9. The summed E-state index contributed by atoms with van der Waals surface area (Å²) in [6.45, 7) is 7.50. The van der Waals surface area contributed by atoms with Crippen LogP contribution in [0.15, 0.2) is 58.0 Å². The van der Waals surface area contributed by atoms with Gasteiger partial charge >= 0.3 is 0 Å². The summed E-state index contributed by atoms with van der Waals surface area (Å²) < 4.78 is 37.8. The van der Waals surface area contributed by atoms with Crippen LogP contribution in [-0.4, -0.2) is 57.0 Å². The summed E-state index contributed by atoms with van der Waals surface area (Å²) in [4.78, 5) is 11.5. The summed E-state index contributed by atoms with van der Waals surface area (Å²) in [5, 5.41) is 6.42. The van der Waals surface area contributed by atoms with Crippen molar-refractivity contribution in [2.75, 3.05) is 54.2 Å². The quantitative estimate of drug-likeness (QED) is 0.298. The molecule has 2 N–H and O–H groups in total. The van der Waals surface area contributed by atoms with Crippen LogP contribution in [0.5, 0.6) is 5.75 Å². The fourth-order valence-corrected chi connectivity index (χ4v) is 5.87. The minimum Gasteiger partial charge on any atom is -0.492 e. The summed E-state index contributed by atoms with van der Waals surface area (Å²) in [7, 11) is -3.44. The van der Waals surface area contributed by atoms with Crippen LogP contribution >= 0.6 is 15.9 Å². The van der Waals surface area contributed by atoms with Gasteiger partial charge in [0.25, 0.3) is 0 Å². The van der Waals surface area contributed by atoms with Crippen molar-refractivity contribution in [3.8, 4) is 5.75 Å². The summed E-state index contributed by atoms with van der Waals surface area (Å²) in [6.07, 6.45) is 3.03. The highest BCUT2D eigenvalue weighted by Crippen LogP contribution is 2.34. The lowest BCUT2D eigenvalue weighted by Gasteiger charge is -2.29. The third kappa shape index (κ3) is 6.91. The molecule has 1 aromatic heterocycles. The number of ether oxygens (including phenoxy) is 2. The van der Waals surface area contributed by atoms with Crippen LogP contribution in [0.1, 0.15) is 26.7 Å². The lowest BCUT2D eigenvalue weighted by molar-refractivity contribution is 0.122. The molecule has 1 aliphatic rings. The van der Waals surface area contributed by atoms with Gasteiger partial charge in [-0.25, -0.2) is 13.4 Å². The number of hydrogen-bond donors (Lipinski definition) is 2. The van der Waals surface area contributed by atoms with E-state index in [2.05, 4.69) is 41.4 Å². The zero-order valence-electron chi connectivity index (χ0n) is 21.0. The molecule has 0 aliphatic carbocycles. The molecule has 1 fully saturated rings. The van der Waals surface area contributed by atoms with Gasteiger partial charge in [0.05, 0.1) is 46.3 Å². The van der Waals surface area contributed by atoms with Crippen LogP contribution in [0.25, 0.3) is 0 Å². The number of halogens is 1. The van der Waals surface area contributed by atoms with Crippen LogP contribution in [0.2, 0.25) is 0 Å². The number of aromatic nitrogens is 2. The molecule has 1 saturated heterocycles. The smallest absolute Gasteiger partial charge is 0.229 e. The molecule has 0 spiro atoms.